The van der Waals surface area contributed by atoms with Gasteiger partial charge in [0.15, 0.2) is 9.84 Å². The van der Waals surface area contributed by atoms with E-state index in [1.807, 2.05) is 0 Å². The Morgan fingerprint density at radius 2 is 1.71 bits per heavy atom. The standard InChI is InChI=1S/C23H18Cl2N2O3S/c1-15-11-19(20(13-26)16-7-9-17(24)10-8-16)21(25)12-22(15)27-23(28)14-31(29,30)18-5-3-2-4-6-18/h2-12,20H,14H2,1H3,(H,27,28). The third-order valence-electron chi connectivity index (χ3n) is 4.68. The number of nitrogens with one attached hydrogen (secondary N) is 1. The second-order valence-electron chi connectivity index (χ2n) is 6.92. The summed E-state index contributed by atoms with van der Waals surface area (Å²) in [4.78, 5) is 12.5. The lowest BCUT2D eigenvalue weighted by atomic mass is 9.91. The van der Waals surface area contributed by atoms with Crippen molar-refractivity contribution < 1.29 is 13.2 Å². The normalized spacial score (nSPS) is 12.1. The summed E-state index contributed by atoms with van der Waals surface area (Å²) in [5.74, 6) is -1.99. The van der Waals surface area contributed by atoms with Crippen molar-refractivity contribution in [3.8, 4) is 6.07 Å². The second kappa shape index (κ2) is 9.52. The number of carbonyl (C=O) groups excluding carboxylic acids is 1. The molecular weight excluding hydrogens is 455 g/mol. The van der Waals surface area contributed by atoms with Crippen LogP contribution in [-0.4, -0.2) is 20.1 Å². The van der Waals surface area contributed by atoms with Crippen LogP contribution in [0.15, 0.2) is 71.6 Å². The number of hydrogen-bond acceptors (Lipinski definition) is 4. The van der Waals surface area contributed by atoms with E-state index in [2.05, 4.69) is 11.4 Å². The summed E-state index contributed by atoms with van der Waals surface area (Å²) in [7, 11) is -3.77. The van der Waals surface area contributed by atoms with Gasteiger partial charge in [0.1, 0.15) is 5.75 Å². The van der Waals surface area contributed by atoms with E-state index in [0.29, 0.717) is 21.8 Å². The molecule has 1 atom stereocenters. The molecule has 0 bridgehead atoms. The van der Waals surface area contributed by atoms with Crippen molar-refractivity contribution in [2.75, 3.05) is 11.1 Å². The van der Waals surface area contributed by atoms with Gasteiger partial charge in [-0.05, 0) is 53.9 Å². The van der Waals surface area contributed by atoms with Gasteiger partial charge in [-0.3, -0.25) is 4.79 Å². The number of sulfone groups is 1. The molecule has 0 heterocycles. The van der Waals surface area contributed by atoms with Crippen LogP contribution in [0.3, 0.4) is 0 Å². The summed E-state index contributed by atoms with van der Waals surface area (Å²) in [6.45, 7) is 1.75. The Labute approximate surface area is 191 Å². The minimum absolute atomic E-state index is 0.0788. The molecule has 0 fully saturated rings. The van der Waals surface area contributed by atoms with Gasteiger partial charge in [0.25, 0.3) is 0 Å². The molecule has 0 radical (unpaired) electrons. The third-order valence-corrected chi connectivity index (χ3v) is 6.90. The van der Waals surface area contributed by atoms with Crippen molar-refractivity contribution in [1.29, 1.82) is 5.26 Å². The summed E-state index contributed by atoms with van der Waals surface area (Å²) < 4.78 is 24.8. The Balaban J connectivity index is 1.82. The van der Waals surface area contributed by atoms with Crippen LogP contribution in [0.1, 0.15) is 22.6 Å². The van der Waals surface area contributed by atoms with Gasteiger partial charge in [0.2, 0.25) is 5.91 Å². The first-order chi connectivity index (χ1) is 14.7. The predicted octanol–water partition coefficient (Wildman–Crippen LogP) is 5.37. The maximum atomic E-state index is 12.4. The molecule has 1 unspecified atom stereocenters. The van der Waals surface area contributed by atoms with Crippen molar-refractivity contribution in [2.45, 2.75) is 17.7 Å². The quantitative estimate of drug-likeness (QED) is 0.522. The zero-order valence-electron chi connectivity index (χ0n) is 16.5. The van der Waals surface area contributed by atoms with Gasteiger partial charge >= 0.3 is 0 Å². The summed E-state index contributed by atoms with van der Waals surface area (Å²) in [5.41, 5.74) is 2.35. The Bertz CT molecular complexity index is 1250. The van der Waals surface area contributed by atoms with E-state index in [0.717, 1.165) is 5.56 Å². The van der Waals surface area contributed by atoms with Crippen molar-refractivity contribution in [3.63, 3.8) is 0 Å². The van der Waals surface area contributed by atoms with Gasteiger partial charge in [-0.2, -0.15) is 5.26 Å². The Hall–Kier alpha value is -2.85. The highest BCUT2D eigenvalue weighted by Gasteiger charge is 2.22. The minimum atomic E-state index is -3.77. The van der Waals surface area contributed by atoms with E-state index in [1.165, 1.54) is 18.2 Å². The average molecular weight is 473 g/mol. The van der Waals surface area contributed by atoms with Crippen molar-refractivity contribution >= 4 is 44.6 Å². The van der Waals surface area contributed by atoms with Crippen LogP contribution in [-0.2, 0) is 14.6 Å². The van der Waals surface area contributed by atoms with Gasteiger partial charge in [0.05, 0.1) is 16.9 Å². The Kier molecular flexibility index (Phi) is 7.01. The predicted molar refractivity (Wildman–Crippen MR) is 122 cm³/mol. The summed E-state index contributed by atoms with van der Waals surface area (Å²) in [5, 5.41) is 13.1. The van der Waals surface area contributed by atoms with E-state index >= 15 is 0 Å². The Morgan fingerprint density at radius 1 is 1.06 bits per heavy atom. The first-order valence-electron chi connectivity index (χ1n) is 9.24. The molecule has 0 spiro atoms. The summed E-state index contributed by atoms with van der Waals surface area (Å²) >= 11 is 12.3. The lowest BCUT2D eigenvalue weighted by Gasteiger charge is -2.16. The van der Waals surface area contributed by atoms with Gasteiger partial charge in [-0.15, -0.1) is 0 Å². The second-order valence-corrected chi connectivity index (χ2v) is 9.76. The van der Waals surface area contributed by atoms with Crippen molar-refractivity contribution in [3.05, 3.63) is 93.5 Å². The molecule has 0 aliphatic heterocycles. The van der Waals surface area contributed by atoms with E-state index in [4.69, 9.17) is 23.2 Å². The number of halogens is 2. The smallest absolute Gasteiger partial charge is 0.239 e. The number of carbonyl (C=O) groups is 1. The van der Waals surface area contributed by atoms with Gasteiger partial charge in [-0.1, -0.05) is 59.6 Å². The molecule has 0 saturated carbocycles. The van der Waals surface area contributed by atoms with E-state index < -0.39 is 27.4 Å². The number of amides is 1. The van der Waals surface area contributed by atoms with Crippen LogP contribution in [0.4, 0.5) is 5.69 Å². The summed E-state index contributed by atoms with van der Waals surface area (Å²) in [6, 6.07) is 20.2. The molecule has 3 aromatic carbocycles. The molecule has 8 heteroatoms. The molecule has 3 aromatic rings. The van der Waals surface area contributed by atoms with Crippen LogP contribution in [0.25, 0.3) is 0 Å². The first kappa shape index (κ1) is 22.8. The molecule has 31 heavy (non-hydrogen) atoms. The minimum Gasteiger partial charge on any atom is -0.325 e. The number of nitriles is 1. The van der Waals surface area contributed by atoms with E-state index in [9.17, 15) is 18.5 Å². The molecular formula is C23H18Cl2N2O3S. The number of aryl methyl sites for hydroxylation is 1. The molecule has 3 rings (SSSR count). The van der Waals surface area contributed by atoms with Gasteiger partial charge in [0, 0.05) is 15.7 Å². The molecule has 1 amide bonds. The molecule has 0 aliphatic rings. The molecule has 158 valence electrons. The number of nitrogens with zero attached hydrogens (tertiary/aromatic N) is 1. The highest BCUT2D eigenvalue weighted by atomic mass is 35.5. The highest BCUT2D eigenvalue weighted by Crippen LogP contribution is 2.34. The van der Waals surface area contributed by atoms with Crippen molar-refractivity contribution in [2.24, 2.45) is 0 Å². The number of benzene rings is 3. The zero-order valence-corrected chi connectivity index (χ0v) is 18.8. The monoisotopic (exact) mass is 472 g/mol. The summed E-state index contributed by atoms with van der Waals surface area (Å²) in [6.07, 6.45) is 0. The lowest BCUT2D eigenvalue weighted by molar-refractivity contribution is -0.113. The molecule has 0 saturated heterocycles. The Morgan fingerprint density at radius 3 is 2.32 bits per heavy atom. The van der Waals surface area contributed by atoms with Crippen LogP contribution in [0.5, 0.6) is 0 Å². The fourth-order valence-electron chi connectivity index (χ4n) is 3.11. The van der Waals surface area contributed by atoms with Crippen LogP contribution in [0, 0.1) is 18.3 Å². The largest absolute Gasteiger partial charge is 0.325 e. The number of hydrogen-bond donors (Lipinski definition) is 1. The van der Waals surface area contributed by atoms with E-state index in [1.54, 1.807) is 55.5 Å². The maximum Gasteiger partial charge on any atom is 0.239 e. The van der Waals surface area contributed by atoms with E-state index in [-0.39, 0.29) is 9.92 Å². The third kappa shape index (κ3) is 5.45. The number of rotatable bonds is 6. The van der Waals surface area contributed by atoms with Crippen LogP contribution < -0.4 is 5.32 Å². The topological polar surface area (TPSA) is 87.0 Å². The van der Waals surface area contributed by atoms with Crippen molar-refractivity contribution in [1.82, 2.24) is 0 Å². The lowest BCUT2D eigenvalue weighted by Crippen LogP contribution is -2.23. The fraction of sp³-hybridized carbons (Fsp3) is 0.130. The molecule has 5 nitrogen and oxygen atoms in total. The first-order valence-corrected chi connectivity index (χ1v) is 11.6. The SMILES string of the molecule is Cc1cc(C(C#N)c2ccc(Cl)cc2)c(Cl)cc1NC(=O)CS(=O)(=O)c1ccccc1. The molecule has 0 aliphatic carbocycles. The van der Waals surface area contributed by atoms with Crippen LogP contribution in [0.2, 0.25) is 10.0 Å². The zero-order chi connectivity index (χ0) is 22.6. The molecule has 0 aromatic heterocycles. The highest BCUT2D eigenvalue weighted by molar-refractivity contribution is 7.92. The van der Waals surface area contributed by atoms with Gasteiger partial charge < -0.3 is 5.32 Å². The fourth-order valence-corrected chi connectivity index (χ4v) is 4.66. The van der Waals surface area contributed by atoms with Crippen LogP contribution >= 0.6 is 23.2 Å². The van der Waals surface area contributed by atoms with Gasteiger partial charge in [-0.25, -0.2) is 8.42 Å². The average Bonchev–Trinajstić information content (AvgIpc) is 2.73. The maximum absolute atomic E-state index is 12.4. The molecule has 1 N–H and O–H groups in total. The number of anilines is 1.